The van der Waals surface area contributed by atoms with Gasteiger partial charge in [0.15, 0.2) is 6.17 Å². The second kappa shape index (κ2) is 7.26. The van der Waals surface area contributed by atoms with Crippen LogP contribution in [0.2, 0.25) is 0 Å². The largest absolute Gasteiger partial charge is 0.388 e. The lowest BCUT2D eigenvalue weighted by Gasteiger charge is -2.19. The molecule has 1 aliphatic heterocycles. The van der Waals surface area contributed by atoms with Crippen LogP contribution < -0.4 is 5.32 Å². The van der Waals surface area contributed by atoms with E-state index in [-0.39, 0.29) is 6.17 Å². The van der Waals surface area contributed by atoms with E-state index in [1.807, 2.05) is 23.3 Å². The summed E-state index contributed by atoms with van der Waals surface area (Å²) >= 11 is 0. The van der Waals surface area contributed by atoms with Crippen LogP contribution in [-0.4, -0.2) is 30.6 Å². The number of nitrogens with one attached hydrogen (secondary N) is 1. The average Bonchev–Trinajstić information content (AvgIpc) is 2.88. The van der Waals surface area contributed by atoms with E-state index in [1.165, 1.54) is 5.56 Å². The fourth-order valence-corrected chi connectivity index (χ4v) is 2.16. The molecule has 0 spiro atoms. The van der Waals surface area contributed by atoms with Crippen molar-refractivity contribution in [2.75, 3.05) is 19.6 Å². The molecule has 0 saturated heterocycles. The predicted molar refractivity (Wildman–Crippen MR) is 77.9 cm³/mol. The summed E-state index contributed by atoms with van der Waals surface area (Å²) in [5, 5.41) is 5.26. The first kappa shape index (κ1) is 14.0. The van der Waals surface area contributed by atoms with Crippen LogP contribution in [0.4, 0.5) is 0 Å². The minimum Gasteiger partial charge on any atom is -0.388 e. The summed E-state index contributed by atoms with van der Waals surface area (Å²) in [6.45, 7) is 7.07. The molecule has 4 heteroatoms. The number of hydrogen-bond donors (Lipinski definition) is 1. The Morgan fingerprint density at radius 2 is 2.05 bits per heavy atom. The van der Waals surface area contributed by atoms with Gasteiger partial charge < -0.3 is 10.2 Å². The van der Waals surface area contributed by atoms with Crippen molar-refractivity contribution in [3.8, 4) is 0 Å². The van der Waals surface area contributed by atoms with E-state index in [0.29, 0.717) is 0 Å². The lowest BCUT2D eigenvalue weighted by Crippen LogP contribution is -2.23. The Morgan fingerprint density at radius 1 is 1.26 bits per heavy atom. The number of benzene rings is 1. The van der Waals surface area contributed by atoms with E-state index in [4.69, 9.17) is 9.83 Å². The Morgan fingerprint density at radius 3 is 2.74 bits per heavy atom. The van der Waals surface area contributed by atoms with Crippen LogP contribution >= 0.6 is 0 Å². The Balaban J connectivity index is 1.96. The highest BCUT2D eigenvalue weighted by Gasteiger charge is 2.27. The molecule has 1 N–H and O–H groups in total. The van der Waals surface area contributed by atoms with E-state index < -0.39 is 0 Å². The van der Waals surface area contributed by atoms with E-state index in [9.17, 15) is 0 Å². The van der Waals surface area contributed by atoms with E-state index in [1.54, 1.807) is 0 Å². The first-order chi connectivity index (χ1) is 9.35. The van der Waals surface area contributed by atoms with Crippen LogP contribution in [0, 0.1) is 0 Å². The minimum absolute atomic E-state index is 0.0142. The zero-order valence-electron chi connectivity index (χ0n) is 11.8. The Labute approximate surface area is 115 Å². The molecule has 0 aromatic heterocycles. The van der Waals surface area contributed by atoms with Crippen molar-refractivity contribution < 1.29 is 4.84 Å². The minimum atomic E-state index is 0.0142. The standard InChI is InChI=1S/C15H23N3O/c1-3-16-12-8-11-14-17-15(18(4-2)19-14)13-9-6-5-7-10-13/h5-7,9-10,15-16H,3-4,8,11-12H2,1-2H3/t15-/m1/s1. The van der Waals surface area contributed by atoms with Gasteiger partial charge >= 0.3 is 0 Å². The van der Waals surface area contributed by atoms with Gasteiger partial charge in [-0.15, -0.1) is 5.06 Å². The molecule has 1 aromatic rings. The second-order valence-electron chi connectivity index (χ2n) is 4.59. The van der Waals surface area contributed by atoms with Gasteiger partial charge in [-0.1, -0.05) is 37.3 Å². The zero-order valence-corrected chi connectivity index (χ0v) is 11.8. The van der Waals surface area contributed by atoms with E-state index >= 15 is 0 Å². The lowest BCUT2D eigenvalue weighted by atomic mass is 10.2. The number of rotatable bonds is 7. The van der Waals surface area contributed by atoms with Crippen molar-refractivity contribution in [1.29, 1.82) is 0 Å². The summed E-state index contributed by atoms with van der Waals surface area (Å²) in [4.78, 5) is 10.5. The third-order valence-electron chi connectivity index (χ3n) is 3.17. The van der Waals surface area contributed by atoms with Gasteiger partial charge in [-0.3, -0.25) is 0 Å². The van der Waals surface area contributed by atoms with Crippen LogP contribution in [0.5, 0.6) is 0 Å². The normalized spacial score (nSPS) is 19.3. The van der Waals surface area contributed by atoms with Crippen LogP contribution in [0.1, 0.15) is 38.4 Å². The van der Waals surface area contributed by atoms with Gasteiger partial charge in [0, 0.05) is 13.0 Å². The average molecular weight is 261 g/mol. The molecule has 2 rings (SSSR count). The van der Waals surface area contributed by atoms with Gasteiger partial charge in [0.1, 0.15) is 0 Å². The quantitative estimate of drug-likeness (QED) is 0.767. The molecular formula is C15H23N3O. The first-order valence-corrected chi connectivity index (χ1v) is 7.12. The van der Waals surface area contributed by atoms with Gasteiger partial charge in [-0.2, -0.15) is 0 Å². The van der Waals surface area contributed by atoms with Crippen molar-refractivity contribution in [3.63, 3.8) is 0 Å². The molecule has 1 heterocycles. The Bertz CT molecular complexity index is 405. The fraction of sp³-hybridized carbons (Fsp3) is 0.533. The Kier molecular flexibility index (Phi) is 5.36. The topological polar surface area (TPSA) is 36.9 Å². The van der Waals surface area contributed by atoms with Gasteiger partial charge in [0.2, 0.25) is 5.90 Å². The number of nitrogens with zero attached hydrogens (tertiary/aromatic N) is 2. The molecular weight excluding hydrogens is 238 g/mol. The highest BCUT2D eigenvalue weighted by molar-refractivity contribution is 5.77. The van der Waals surface area contributed by atoms with Gasteiger partial charge in [0.25, 0.3) is 0 Å². The molecule has 0 fully saturated rings. The zero-order chi connectivity index (χ0) is 13.5. The molecule has 1 atom stereocenters. The first-order valence-electron chi connectivity index (χ1n) is 7.12. The Hall–Kier alpha value is -1.39. The fourth-order valence-electron chi connectivity index (χ4n) is 2.16. The maximum atomic E-state index is 5.81. The highest BCUT2D eigenvalue weighted by atomic mass is 16.7. The van der Waals surface area contributed by atoms with Crippen LogP contribution in [0.15, 0.2) is 35.3 Å². The summed E-state index contributed by atoms with van der Waals surface area (Å²) < 4.78 is 0. The maximum Gasteiger partial charge on any atom is 0.211 e. The maximum absolute atomic E-state index is 5.81. The molecule has 0 amide bonds. The summed E-state index contributed by atoms with van der Waals surface area (Å²) in [5.41, 5.74) is 1.19. The van der Waals surface area contributed by atoms with Crippen LogP contribution in [0.25, 0.3) is 0 Å². The van der Waals surface area contributed by atoms with Crippen molar-refractivity contribution in [2.45, 2.75) is 32.9 Å². The third kappa shape index (κ3) is 3.78. The number of hydrogen-bond acceptors (Lipinski definition) is 4. The second-order valence-corrected chi connectivity index (χ2v) is 4.59. The predicted octanol–water partition coefficient (Wildman–Crippen LogP) is 2.74. The molecule has 0 saturated carbocycles. The summed E-state index contributed by atoms with van der Waals surface area (Å²) in [5.74, 6) is 0.855. The molecule has 1 aromatic carbocycles. The van der Waals surface area contributed by atoms with Crippen molar-refractivity contribution in [2.24, 2.45) is 4.99 Å². The summed E-state index contributed by atoms with van der Waals surface area (Å²) in [6, 6.07) is 10.3. The summed E-state index contributed by atoms with van der Waals surface area (Å²) in [7, 11) is 0. The number of hydroxylamine groups is 2. The smallest absolute Gasteiger partial charge is 0.211 e. The molecule has 4 nitrogen and oxygen atoms in total. The van der Waals surface area contributed by atoms with Gasteiger partial charge in [-0.05, 0) is 32.0 Å². The van der Waals surface area contributed by atoms with Gasteiger partial charge in [0.05, 0.1) is 0 Å². The molecule has 0 aliphatic carbocycles. The summed E-state index contributed by atoms with van der Waals surface area (Å²) in [6.07, 6.45) is 1.97. The van der Waals surface area contributed by atoms with Crippen LogP contribution in [0.3, 0.4) is 0 Å². The van der Waals surface area contributed by atoms with Crippen molar-refractivity contribution >= 4 is 5.90 Å². The third-order valence-corrected chi connectivity index (χ3v) is 3.17. The monoisotopic (exact) mass is 261 g/mol. The lowest BCUT2D eigenvalue weighted by molar-refractivity contribution is -0.0816. The molecule has 1 aliphatic rings. The molecule has 0 radical (unpaired) electrons. The molecule has 104 valence electrons. The van der Waals surface area contributed by atoms with E-state index in [0.717, 1.165) is 38.4 Å². The van der Waals surface area contributed by atoms with Crippen LogP contribution in [-0.2, 0) is 4.84 Å². The number of aliphatic imine (C=N–C) groups is 1. The highest BCUT2D eigenvalue weighted by Crippen LogP contribution is 2.28. The molecule has 19 heavy (non-hydrogen) atoms. The molecule has 0 bridgehead atoms. The van der Waals surface area contributed by atoms with E-state index in [2.05, 4.69) is 31.3 Å². The van der Waals surface area contributed by atoms with Crippen molar-refractivity contribution in [3.05, 3.63) is 35.9 Å². The van der Waals surface area contributed by atoms with Crippen molar-refractivity contribution in [1.82, 2.24) is 10.4 Å². The molecule has 0 unspecified atom stereocenters. The van der Waals surface area contributed by atoms with Gasteiger partial charge in [-0.25, -0.2) is 4.99 Å². The SMILES string of the molecule is CCNCCCC1=N[C@@H](c2ccccc2)N(CC)O1.